The van der Waals surface area contributed by atoms with Gasteiger partial charge in [0.2, 0.25) is 5.91 Å². The lowest BCUT2D eigenvalue weighted by Crippen LogP contribution is -2.22. The number of hydrogen-bond acceptors (Lipinski definition) is 1. The minimum absolute atomic E-state index is 0.250. The molecule has 2 N–H and O–H groups in total. The number of alkyl halides is 1. The monoisotopic (exact) mass is 177 g/mol. The van der Waals surface area contributed by atoms with E-state index in [1.165, 1.54) is 0 Å². The van der Waals surface area contributed by atoms with Crippen LogP contribution in [-0.4, -0.2) is 10.7 Å². The summed E-state index contributed by atoms with van der Waals surface area (Å²) < 4.78 is 0. The third-order valence-corrected chi connectivity index (χ3v) is 1.51. The molecule has 0 bridgehead atoms. The highest BCUT2D eigenvalue weighted by atomic mass is 79.9. The summed E-state index contributed by atoms with van der Waals surface area (Å²) in [4.78, 5) is 9.97. The summed E-state index contributed by atoms with van der Waals surface area (Å²) in [6, 6.07) is 0. The molecule has 0 aliphatic rings. The van der Waals surface area contributed by atoms with Crippen LogP contribution < -0.4 is 5.73 Å². The lowest BCUT2D eigenvalue weighted by molar-refractivity contribution is -0.117. The van der Waals surface area contributed by atoms with Crippen LogP contribution >= 0.6 is 15.9 Å². The molecule has 0 aromatic heterocycles. The van der Waals surface area contributed by atoms with Crippen LogP contribution in [0, 0.1) is 0 Å². The van der Waals surface area contributed by atoms with Gasteiger partial charge < -0.3 is 5.73 Å². The van der Waals surface area contributed by atoms with Crippen molar-refractivity contribution in [2.75, 3.05) is 0 Å². The molecule has 0 saturated heterocycles. The molecular weight excluding hydrogens is 170 g/mol. The largest absolute Gasteiger partial charge is 0.369 e. The zero-order valence-electron chi connectivity index (χ0n) is 4.43. The number of amides is 1. The average molecular weight is 178 g/mol. The first-order valence-electron chi connectivity index (χ1n) is 2.22. The second kappa shape index (κ2) is 3.66. The normalized spacial score (nSPS) is 12.6. The second-order valence-corrected chi connectivity index (χ2v) is 2.50. The smallest absolute Gasteiger partial charge is 0.231 e. The molecule has 8 heavy (non-hydrogen) atoms. The first-order chi connectivity index (χ1) is 3.68. The summed E-state index contributed by atoms with van der Waals surface area (Å²) in [5, 5.41) is 0. The predicted molar refractivity (Wildman–Crippen MR) is 36.7 cm³/mol. The Morgan fingerprint density at radius 1 is 2.00 bits per heavy atom. The van der Waals surface area contributed by atoms with Crippen molar-refractivity contribution in [1.29, 1.82) is 0 Å². The molecule has 0 aromatic carbocycles. The molecule has 0 radical (unpaired) electrons. The van der Waals surface area contributed by atoms with Crippen molar-refractivity contribution in [2.24, 2.45) is 5.73 Å². The van der Waals surface area contributed by atoms with Gasteiger partial charge in [-0.1, -0.05) is 22.0 Å². The number of allylic oxidation sites excluding steroid dienone is 1. The van der Waals surface area contributed by atoms with Crippen molar-refractivity contribution < 1.29 is 4.79 Å². The molecule has 0 aromatic rings. The van der Waals surface area contributed by atoms with E-state index in [1.807, 2.05) is 0 Å². The fraction of sp³-hybridized carbons (Fsp3) is 0.400. The molecule has 0 fully saturated rings. The lowest BCUT2D eigenvalue weighted by atomic mass is 10.3. The molecule has 2 nitrogen and oxygen atoms in total. The van der Waals surface area contributed by atoms with Gasteiger partial charge in [-0.25, -0.2) is 0 Å². The van der Waals surface area contributed by atoms with Crippen molar-refractivity contribution in [3.8, 4) is 0 Å². The Morgan fingerprint density at radius 2 is 2.50 bits per heavy atom. The molecule has 1 unspecified atom stereocenters. The van der Waals surface area contributed by atoms with E-state index in [0.717, 1.165) is 0 Å². The van der Waals surface area contributed by atoms with E-state index in [2.05, 4.69) is 22.5 Å². The fourth-order valence-electron chi connectivity index (χ4n) is 0.262. The average Bonchev–Trinajstić information content (AvgIpc) is 1.67. The molecule has 0 spiro atoms. The van der Waals surface area contributed by atoms with Gasteiger partial charge in [-0.15, -0.1) is 6.58 Å². The van der Waals surface area contributed by atoms with Gasteiger partial charge in [-0.3, -0.25) is 4.79 Å². The Kier molecular flexibility index (Phi) is 3.52. The Labute approximate surface area is 56.9 Å². The maximum absolute atomic E-state index is 10.2. The molecule has 46 valence electrons. The summed E-state index contributed by atoms with van der Waals surface area (Å²) in [6.45, 7) is 3.45. The molecule has 1 amide bonds. The Bertz CT molecular complexity index is 103. The summed E-state index contributed by atoms with van der Waals surface area (Å²) in [6.07, 6.45) is 2.24. The summed E-state index contributed by atoms with van der Waals surface area (Å²) >= 11 is 3.06. The van der Waals surface area contributed by atoms with Crippen LogP contribution in [-0.2, 0) is 4.79 Å². The lowest BCUT2D eigenvalue weighted by Gasteiger charge is -1.97. The van der Waals surface area contributed by atoms with E-state index in [0.29, 0.717) is 6.42 Å². The zero-order chi connectivity index (χ0) is 6.57. The zero-order valence-corrected chi connectivity index (χ0v) is 6.02. The number of hydrogen-bond donors (Lipinski definition) is 1. The van der Waals surface area contributed by atoms with Crippen LogP contribution in [0.15, 0.2) is 12.7 Å². The van der Waals surface area contributed by atoms with E-state index in [1.54, 1.807) is 6.08 Å². The number of halogens is 1. The highest BCUT2D eigenvalue weighted by Crippen LogP contribution is 2.02. The van der Waals surface area contributed by atoms with Crippen molar-refractivity contribution in [1.82, 2.24) is 0 Å². The predicted octanol–water partition coefficient (Wildman–Crippen LogP) is 0.811. The molecule has 1 atom stereocenters. The Morgan fingerprint density at radius 3 is 2.62 bits per heavy atom. The molecular formula is C5H8BrNO. The van der Waals surface area contributed by atoms with Gasteiger partial charge in [0.15, 0.2) is 0 Å². The van der Waals surface area contributed by atoms with Crippen LogP contribution in [0.1, 0.15) is 6.42 Å². The number of rotatable bonds is 3. The van der Waals surface area contributed by atoms with E-state index >= 15 is 0 Å². The van der Waals surface area contributed by atoms with Gasteiger partial charge in [0, 0.05) is 0 Å². The standard InChI is InChI=1S/C5H8BrNO/c1-2-3-4(6)5(7)8/h2,4H,1,3H2,(H2,7,8). The number of primary amides is 1. The first kappa shape index (κ1) is 7.69. The maximum Gasteiger partial charge on any atom is 0.231 e. The van der Waals surface area contributed by atoms with Crippen LogP contribution in [0.5, 0.6) is 0 Å². The van der Waals surface area contributed by atoms with Crippen molar-refractivity contribution in [3.63, 3.8) is 0 Å². The SMILES string of the molecule is C=CCC(Br)C(N)=O. The van der Waals surface area contributed by atoms with Gasteiger partial charge in [-0.05, 0) is 6.42 Å². The van der Waals surface area contributed by atoms with Crippen molar-refractivity contribution in [2.45, 2.75) is 11.2 Å². The third kappa shape index (κ3) is 2.80. The molecule has 0 rings (SSSR count). The van der Waals surface area contributed by atoms with Gasteiger partial charge in [0.05, 0.1) is 4.83 Å². The summed E-state index contributed by atoms with van der Waals surface area (Å²) in [5.74, 6) is -0.343. The third-order valence-electron chi connectivity index (χ3n) is 0.682. The number of nitrogens with two attached hydrogens (primary N) is 1. The van der Waals surface area contributed by atoms with Gasteiger partial charge in [-0.2, -0.15) is 0 Å². The summed E-state index contributed by atoms with van der Waals surface area (Å²) in [7, 11) is 0. The quantitative estimate of drug-likeness (QED) is 0.504. The highest BCUT2D eigenvalue weighted by molar-refractivity contribution is 9.10. The topological polar surface area (TPSA) is 43.1 Å². The maximum atomic E-state index is 10.2. The molecule has 0 aliphatic heterocycles. The van der Waals surface area contributed by atoms with Crippen LogP contribution in [0.4, 0.5) is 0 Å². The second-order valence-electron chi connectivity index (χ2n) is 1.39. The van der Waals surface area contributed by atoms with Crippen molar-refractivity contribution in [3.05, 3.63) is 12.7 Å². The molecule has 0 aliphatic carbocycles. The summed E-state index contributed by atoms with van der Waals surface area (Å²) in [5.41, 5.74) is 4.89. The van der Waals surface area contributed by atoms with E-state index in [-0.39, 0.29) is 10.7 Å². The van der Waals surface area contributed by atoms with E-state index in [4.69, 9.17) is 5.73 Å². The minimum Gasteiger partial charge on any atom is -0.369 e. The highest BCUT2D eigenvalue weighted by Gasteiger charge is 2.06. The van der Waals surface area contributed by atoms with Crippen LogP contribution in [0.2, 0.25) is 0 Å². The fourth-order valence-corrected chi connectivity index (χ4v) is 0.527. The number of carbonyl (C=O) groups excluding carboxylic acids is 1. The Balaban J connectivity index is 3.46. The van der Waals surface area contributed by atoms with Gasteiger partial charge in [0.25, 0.3) is 0 Å². The van der Waals surface area contributed by atoms with E-state index in [9.17, 15) is 4.79 Å². The van der Waals surface area contributed by atoms with Crippen molar-refractivity contribution >= 4 is 21.8 Å². The molecule has 0 saturated carbocycles. The van der Waals surface area contributed by atoms with Crippen LogP contribution in [0.25, 0.3) is 0 Å². The first-order valence-corrected chi connectivity index (χ1v) is 3.14. The molecule has 3 heteroatoms. The van der Waals surface area contributed by atoms with Gasteiger partial charge >= 0.3 is 0 Å². The minimum atomic E-state index is -0.343. The Hall–Kier alpha value is -0.310. The van der Waals surface area contributed by atoms with Gasteiger partial charge in [0.1, 0.15) is 0 Å². The van der Waals surface area contributed by atoms with E-state index < -0.39 is 0 Å². The number of carbonyl (C=O) groups is 1. The van der Waals surface area contributed by atoms with Crippen LogP contribution in [0.3, 0.4) is 0 Å². The molecule has 0 heterocycles.